The number of nitrogens with two attached hydrogens (primary N) is 1. The van der Waals surface area contributed by atoms with Crippen LogP contribution in [-0.4, -0.2) is 0 Å². The Morgan fingerprint density at radius 1 is 0.812 bits per heavy atom. The van der Waals surface area contributed by atoms with Crippen LogP contribution in [0.25, 0.3) is 11.1 Å². The first-order valence-corrected chi connectivity index (χ1v) is 4.95. The Morgan fingerprint density at radius 2 is 1.44 bits per heavy atom. The van der Waals surface area contributed by atoms with Gasteiger partial charge in [0.2, 0.25) is 0 Å². The summed E-state index contributed by atoms with van der Waals surface area (Å²) in [5, 5.41) is 0. The van der Waals surface area contributed by atoms with Crippen LogP contribution in [0.2, 0.25) is 0 Å². The Labute approximate surface area is 92.5 Å². The summed E-state index contributed by atoms with van der Waals surface area (Å²) in [5.41, 5.74) is 7.98. The topological polar surface area (TPSA) is 26.0 Å². The molecule has 0 radical (unpaired) electrons. The van der Waals surface area contributed by atoms with Crippen molar-refractivity contribution in [1.82, 2.24) is 0 Å². The molecule has 2 aromatic carbocycles. The van der Waals surface area contributed by atoms with Gasteiger partial charge < -0.3 is 5.73 Å². The first-order valence-electron chi connectivity index (χ1n) is 4.95. The molecule has 2 rings (SSSR count). The van der Waals surface area contributed by atoms with E-state index in [9.17, 15) is 8.78 Å². The lowest BCUT2D eigenvalue weighted by atomic mass is 10.0. The molecule has 0 bridgehead atoms. The van der Waals surface area contributed by atoms with Gasteiger partial charge in [0.05, 0.1) is 0 Å². The second-order valence-corrected chi connectivity index (χ2v) is 3.53. The van der Waals surface area contributed by atoms with Gasteiger partial charge >= 0.3 is 0 Å². The summed E-state index contributed by atoms with van der Waals surface area (Å²) in [7, 11) is 0. The SMILES string of the molecule is NCc1ccc(-c2ccc(F)c(F)c2)cc1. The predicted molar refractivity (Wildman–Crippen MR) is 59.7 cm³/mol. The monoisotopic (exact) mass is 219 g/mol. The van der Waals surface area contributed by atoms with E-state index in [1.54, 1.807) is 6.07 Å². The van der Waals surface area contributed by atoms with Crippen molar-refractivity contribution in [3.63, 3.8) is 0 Å². The van der Waals surface area contributed by atoms with Crippen LogP contribution in [0.15, 0.2) is 42.5 Å². The molecule has 0 aromatic heterocycles. The molecule has 0 unspecified atom stereocenters. The molecule has 82 valence electrons. The maximum absolute atomic E-state index is 13.0. The Balaban J connectivity index is 2.38. The third kappa shape index (κ3) is 2.09. The lowest BCUT2D eigenvalue weighted by molar-refractivity contribution is 0.509. The van der Waals surface area contributed by atoms with Crippen LogP contribution in [-0.2, 0) is 6.54 Å². The fraction of sp³-hybridized carbons (Fsp3) is 0.0769. The lowest BCUT2D eigenvalue weighted by Crippen LogP contribution is -1.95. The largest absolute Gasteiger partial charge is 0.326 e. The van der Waals surface area contributed by atoms with E-state index < -0.39 is 11.6 Å². The summed E-state index contributed by atoms with van der Waals surface area (Å²) in [6, 6.07) is 11.3. The highest BCUT2D eigenvalue weighted by Crippen LogP contribution is 2.21. The number of hydrogen-bond acceptors (Lipinski definition) is 1. The second kappa shape index (κ2) is 4.41. The molecule has 0 saturated heterocycles. The van der Waals surface area contributed by atoms with Gasteiger partial charge in [-0.2, -0.15) is 0 Å². The Kier molecular flexibility index (Phi) is 2.97. The van der Waals surface area contributed by atoms with Crippen molar-refractivity contribution in [1.29, 1.82) is 0 Å². The molecule has 0 heterocycles. The molecule has 1 nitrogen and oxygen atoms in total. The van der Waals surface area contributed by atoms with E-state index in [0.29, 0.717) is 12.1 Å². The van der Waals surface area contributed by atoms with Crippen molar-refractivity contribution >= 4 is 0 Å². The zero-order valence-electron chi connectivity index (χ0n) is 8.58. The van der Waals surface area contributed by atoms with Crippen LogP contribution in [0.4, 0.5) is 8.78 Å². The predicted octanol–water partition coefficient (Wildman–Crippen LogP) is 3.09. The molecule has 0 aliphatic rings. The van der Waals surface area contributed by atoms with Gasteiger partial charge in [-0.1, -0.05) is 30.3 Å². The Morgan fingerprint density at radius 3 is 2.00 bits per heavy atom. The van der Waals surface area contributed by atoms with E-state index in [1.807, 2.05) is 24.3 Å². The highest BCUT2D eigenvalue weighted by Gasteiger charge is 2.04. The lowest BCUT2D eigenvalue weighted by Gasteiger charge is -2.03. The van der Waals surface area contributed by atoms with Crippen LogP contribution >= 0.6 is 0 Å². The number of benzene rings is 2. The van der Waals surface area contributed by atoms with Gasteiger partial charge in [0.15, 0.2) is 11.6 Å². The smallest absolute Gasteiger partial charge is 0.159 e. The van der Waals surface area contributed by atoms with Gasteiger partial charge in [-0.25, -0.2) is 8.78 Å². The molecule has 0 aliphatic heterocycles. The third-order valence-electron chi connectivity index (χ3n) is 2.44. The van der Waals surface area contributed by atoms with Gasteiger partial charge in [0.25, 0.3) is 0 Å². The van der Waals surface area contributed by atoms with Gasteiger partial charge in [0.1, 0.15) is 0 Å². The maximum atomic E-state index is 13.0. The molecule has 0 saturated carbocycles. The normalized spacial score (nSPS) is 10.4. The fourth-order valence-corrected chi connectivity index (χ4v) is 1.51. The quantitative estimate of drug-likeness (QED) is 0.825. The molecule has 3 heteroatoms. The average molecular weight is 219 g/mol. The van der Waals surface area contributed by atoms with E-state index in [0.717, 1.165) is 17.2 Å². The standard InChI is InChI=1S/C13H11F2N/c14-12-6-5-11(7-13(12)15)10-3-1-9(8-16)2-4-10/h1-7H,8,16H2. The van der Waals surface area contributed by atoms with Crippen LogP contribution < -0.4 is 5.73 Å². The van der Waals surface area contributed by atoms with Gasteiger partial charge in [-0.05, 0) is 28.8 Å². The van der Waals surface area contributed by atoms with Crippen molar-refractivity contribution in [3.8, 4) is 11.1 Å². The minimum absolute atomic E-state index is 0.470. The third-order valence-corrected chi connectivity index (χ3v) is 2.44. The summed E-state index contributed by atoms with van der Waals surface area (Å²) < 4.78 is 25.8. The molecule has 16 heavy (non-hydrogen) atoms. The Hall–Kier alpha value is -1.74. The van der Waals surface area contributed by atoms with Crippen molar-refractivity contribution < 1.29 is 8.78 Å². The van der Waals surface area contributed by atoms with Crippen LogP contribution in [0.5, 0.6) is 0 Å². The van der Waals surface area contributed by atoms with Crippen molar-refractivity contribution in [3.05, 3.63) is 59.7 Å². The highest BCUT2D eigenvalue weighted by atomic mass is 19.2. The van der Waals surface area contributed by atoms with Crippen LogP contribution in [0.3, 0.4) is 0 Å². The van der Waals surface area contributed by atoms with Crippen molar-refractivity contribution in [2.24, 2.45) is 5.73 Å². The highest BCUT2D eigenvalue weighted by molar-refractivity contribution is 5.63. The van der Waals surface area contributed by atoms with Crippen LogP contribution in [0.1, 0.15) is 5.56 Å². The van der Waals surface area contributed by atoms with Crippen molar-refractivity contribution in [2.75, 3.05) is 0 Å². The van der Waals surface area contributed by atoms with Crippen LogP contribution in [0, 0.1) is 11.6 Å². The molecule has 0 amide bonds. The summed E-state index contributed by atoms with van der Waals surface area (Å²) in [6.07, 6.45) is 0. The van der Waals surface area contributed by atoms with Crippen molar-refractivity contribution in [2.45, 2.75) is 6.54 Å². The van der Waals surface area contributed by atoms with E-state index in [-0.39, 0.29) is 0 Å². The minimum atomic E-state index is -0.833. The average Bonchev–Trinajstić information content (AvgIpc) is 2.33. The van der Waals surface area contributed by atoms with E-state index in [2.05, 4.69) is 0 Å². The van der Waals surface area contributed by atoms with E-state index in [1.165, 1.54) is 6.07 Å². The number of halogens is 2. The zero-order chi connectivity index (χ0) is 11.5. The molecule has 0 atom stereocenters. The minimum Gasteiger partial charge on any atom is -0.326 e. The molecule has 2 N–H and O–H groups in total. The summed E-state index contributed by atoms with van der Waals surface area (Å²) in [6.45, 7) is 0.470. The molecule has 2 aromatic rings. The molecule has 0 fully saturated rings. The summed E-state index contributed by atoms with van der Waals surface area (Å²) in [4.78, 5) is 0. The van der Waals surface area contributed by atoms with E-state index >= 15 is 0 Å². The maximum Gasteiger partial charge on any atom is 0.159 e. The number of rotatable bonds is 2. The van der Waals surface area contributed by atoms with Gasteiger partial charge in [-0.15, -0.1) is 0 Å². The Bertz CT molecular complexity index is 492. The first kappa shape index (κ1) is 10.8. The van der Waals surface area contributed by atoms with Gasteiger partial charge in [0, 0.05) is 6.54 Å². The second-order valence-electron chi connectivity index (χ2n) is 3.53. The van der Waals surface area contributed by atoms with Gasteiger partial charge in [-0.3, -0.25) is 0 Å². The first-order chi connectivity index (χ1) is 7.70. The zero-order valence-corrected chi connectivity index (χ0v) is 8.58. The molecular formula is C13H11F2N. The summed E-state index contributed by atoms with van der Waals surface area (Å²) >= 11 is 0. The fourth-order valence-electron chi connectivity index (χ4n) is 1.51. The number of hydrogen-bond donors (Lipinski definition) is 1. The molecule has 0 aliphatic carbocycles. The van der Waals surface area contributed by atoms with E-state index in [4.69, 9.17) is 5.73 Å². The molecular weight excluding hydrogens is 208 g/mol. The summed E-state index contributed by atoms with van der Waals surface area (Å²) in [5.74, 6) is -1.66. The molecule has 0 spiro atoms.